The fraction of sp³-hybridized carbons (Fsp3) is 0.208. The van der Waals surface area contributed by atoms with Gasteiger partial charge in [-0.2, -0.15) is 13.2 Å². The molecule has 0 aliphatic rings. The third kappa shape index (κ3) is 6.49. The number of rotatable bonds is 3. The van der Waals surface area contributed by atoms with Gasteiger partial charge in [0.25, 0.3) is 0 Å². The number of aryl methyl sites for hydroxylation is 3. The second-order valence-corrected chi connectivity index (χ2v) is 6.77. The molecule has 0 N–H and O–H groups in total. The van der Waals surface area contributed by atoms with Crippen LogP contribution in [0.2, 0.25) is 0 Å². The van der Waals surface area contributed by atoms with E-state index < -0.39 is 11.7 Å². The Labute approximate surface area is 169 Å². The molecule has 152 valence electrons. The Hall–Kier alpha value is -3.08. The van der Waals surface area contributed by atoms with Gasteiger partial charge in [-0.15, -0.1) is 0 Å². The minimum Gasteiger partial charge on any atom is -0.457 e. The molecule has 0 saturated heterocycles. The highest BCUT2D eigenvalue weighted by Crippen LogP contribution is 2.32. The van der Waals surface area contributed by atoms with Crippen molar-refractivity contribution in [1.29, 1.82) is 0 Å². The summed E-state index contributed by atoms with van der Waals surface area (Å²) in [4.78, 5) is 11.5. The number of hydrogen-bond acceptors (Lipinski definition) is 2. The maximum absolute atomic E-state index is 12.5. The molecule has 0 atom stereocenters. The average Bonchev–Trinajstić information content (AvgIpc) is 2.61. The first-order valence-electron chi connectivity index (χ1n) is 9.07. The fourth-order valence-corrected chi connectivity index (χ4v) is 2.92. The van der Waals surface area contributed by atoms with Gasteiger partial charge in [-0.25, -0.2) is 0 Å². The summed E-state index contributed by atoms with van der Waals surface area (Å²) in [6, 6.07) is 18.1. The molecule has 3 aromatic carbocycles. The topological polar surface area (TPSA) is 26.3 Å². The number of Topliss-reactive ketones (excluding diaryl/α,β-unsaturated/α-hetero) is 1. The molecule has 0 heterocycles. The second-order valence-electron chi connectivity index (χ2n) is 6.77. The molecule has 5 heteroatoms. The monoisotopic (exact) mass is 400 g/mol. The fourth-order valence-electron chi connectivity index (χ4n) is 2.92. The molecule has 3 rings (SSSR count). The van der Waals surface area contributed by atoms with E-state index in [4.69, 9.17) is 4.74 Å². The predicted molar refractivity (Wildman–Crippen MR) is 109 cm³/mol. The van der Waals surface area contributed by atoms with Crippen LogP contribution in [0.15, 0.2) is 66.7 Å². The number of carbonyl (C=O) groups is 1. The summed E-state index contributed by atoms with van der Waals surface area (Å²) in [6.45, 7) is 7.17. The molecule has 0 amide bonds. The van der Waals surface area contributed by atoms with Gasteiger partial charge in [-0.05, 0) is 75.2 Å². The molecule has 0 saturated carbocycles. The first kappa shape index (κ1) is 22.2. The lowest BCUT2D eigenvalue weighted by Crippen LogP contribution is -2.04. The van der Waals surface area contributed by atoms with Gasteiger partial charge in [-0.1, -0.05) is 35.9 Å². The maximum Gasteiger partial charge on any atom is 0.416 e. The zero-order chi connectivity index (χ0) is 21.6. The summed E-state index contributed by atoms with van der Waals surface area (Å²) in [6.07, 6.45) is -4.37. The van der Waals surface area contributed by atoms with Crippen LogP contribution in [0.5, 0.6) is 11.5 Å². The van der Waals surface area contributed by atoms with Crippen molar-refractivity contribution in [2.24, 2.45) is 0 Å². The van der Waals surface area contributed by atoms with Crippen LogP contribution in [-0.2, 0) is 6.18 Å². The first-order valence-corrected chi connectivity index (χ1v) is 9.07. The van der Waals surface area contributed by atoms with Gasteiger partial charge < -0.3 is 4.74 Å². The van der Waals surface area contributed by atoms with Crippen LogP contribution in [0.3, 0.4) is 0 Å². The molecule has 29 heavy (non-hydrogen) atoms. The number of halogens is 3. The van der Waals surface area contributed by atoms with Crippen molar-refractivity contribution in [2.75, 3.05) is 0 Å². The number of alkyl halides is 3. The molecular formula is C24H23F3O2. The van der Waals surface area contributed by atoms with E-state index in [1.54, 1.807) is 26.0 Å². The zero-order valence-corrected chi connectivity index (χ0v) is 16.8. The summed E-state index contributed by atoms with van der Waals surface area (Å²) >= 11 is 0. The highest BCUT2D eigenvalue weighted by Gasteiger charge is 2.30. The summed E-state index contributed by atoms with van der Waals surface area (Å²) in [5, 5.41) is 0. The molecule has 0 radical (unpaired) electrons. The Kier molecular flexibility index (Phi) is 7.21. The maximum atomic E-state index is 12.5. The summed E-state index contributed by atoms with van der Waals surface area (Å²) in [5.74, 6) is 0.762. The van der Waals surface area contributed by atoms with Crippen molar-refractivity contribution >= 4 is 5.78 Å². The van der Waals surface area contributed by atoms with E-state index in [0.717, 1.165) is 23.3 Å². The van der Waals surface area contributed by atoms with Crippen molar-refractivity contribution in [3.05, 3.63) is 94.5 Å². The third-order valence-electron chi connectivity index (χ3n) is 4.22. The van der Waals surface area contributed by atoms with Crippen molar-refractivity contribution in [3.8, 4) is 11.5 Å². The number of carbonyl (C=O) groups excluding carboxylic acids is 1. The molecule has 0 fully saturated rings. The zero-order valence-electron chi connectivity index (χ0n) is 16.8. The third-order valence-corrected chi connectivity index (χ3v) is 4.22. The molecule has 0 aliphatic carbocycles. The lowest BCUT2D eigenvalue weighted by molar-refractivity contribution is -0.137. The average molecular weight is 400 g/mol. The van der Waals surface area contributed by atoms with E-state index >= 15 is 0 Å². The number of ether oxygens (including phenoxy) is 1. The second kappa shape index (κ2) is 9.41. The van der Waals surface area contributed by atoms with E-state index in [0.29, 0.717) is 17.1 Å². The lowest BCUT2D eigenvalue weighted by Gasteiger charge is -2.12. The number of ketones is 1. The van der Waals surface area contributed by atoms with Crippen molar-refractivity contribution in [2.45, 2.75) is 33.9 Å². The Balaban J connectivity index is 0.000000360. The smallest absolute Gasteiger partial charge is 0.416 e. The largest absolute Gasteiger partial charge is 0.457 e. The number of benzene rings is 3. The van der Waals surface area contributed by atoms with Gasteiger partial charge in [0.2, 0.25) is 0 Å². The highest BCUT2D eigenvalue weighted by atomic mass is 19.4. The van der Waals surface area contributed by atoms with Gasteiger partial charge in [0.05, 0.1) is 5.56 Å². The van der Waals surface area contributed by atoms with Crippen LogP contribution in [0.25, 0.3) is 0 Å². The molecule has 0 bridgehead atoms. The Morgan fingerprint density at radius 1 is 0.793 bits per heavy atom. The van der Waals surface area contributed by atoms with Crippen LogP contribution >= 0.6 is 0 Å². The van der Waals surface area contributed by atoms with E-state index in [9.17, 15) is 18.0 Å². The summed E-state index contributed by atoms with van der Waals surface area (Å²) in [5.41, 5.74) is 2.78. The van der Waals surface area contributed by atoms with Gasteiger partial charge in [0, 0.05) is 5.56 Å². The SMILES string of the molecule is CC(=O)c1c(C)cc(Oc2ccc(C(F)(F)F)cc2)cc1C.Cc1ccccc1. The highest BCUT2D eigenvalue weighted by molar-refractivity contribution is 5.97. The minimum atomic E-state index is -4.37. The van der Waals surface area contributed by atoms with Gasteiger partial charge in [-0.3, -0.25) is 4.79 Å². The van der Waals surface area contributed by atoms with Crippen LogP contribution in [0.1, 0.15) is 39.5 Å². The van der Waals surface area contributed by atoms with Gasteiger partial charge in [0.1, 0.15) is 11.5 Å². The van der Waals surface area contributed by atoms with E-state index in [2.05, 4.69) is 19.1 Å². The van der Waals surface area contributed by atoms with E-state index in [1.165, 1.54) is 24.6 Å². The normalized spacial score (nSPS) is 10.7. The Morgan fingerprint density at radius 2 is 1.31 bits per heavy atom. The molecule has 0 aliphatic heterocycles. The minimum absolute atomic E-state index is 0.0314. The number of hydrogen-bond donors (Lipinski definition) is 0. The Bertz CT molecular complexity index is 937. The Morgan fingerprint density at radius 3 is 1.69 bits per heavy atom. The van der Waals surface area contributed by atoms with E-state index in [1.807, 2.05) is 18.2 Å². The molecular weight excluding hydrogens is 377 g/mol. The first-order chi connectivity index (χ1) is 13.6. The van der Waals surface area contributed by atoms with Crippen LogP contribution in [0.4, 0.5) is 13.2 Å². The predicted octanol–water partition coefficient (Wildman–Crippen LogP) is 7.31. The lowest BCUT2D eigenvalue weighted by atomic mass is 9.99. The summed E-state index contributed by atoms with van der Waals surface area (Å²) in [7, 11) is 0. The van der Waals surface area contributed by atoms with Gasteiger partial charge >= 0.3 is 6.18 Å². The van der Waals surface area contributed by atoms with Crippen LogP contribution in [-0.4, -0.2) is 5.78 Å². The van der Waals surface area contributed by atoms with Crippen LogP contribution < -0.4 is 4.74 Å². The molecule has 0 unspecified atom stereocenters. The van der Waals surface area contributed by atoms with Crippen LogP contribution in [0, 0.1) is 20.8 Å². The van der Waals surface area contributed by atoms with Crippen molar-refractivity contribution in [1.82, 2.24) is 0 Å². The molecule has 2 nitrogen and oxygen atoms in total. The standard InChI is InChI=1S/C17H15F3O2.C7H8/c1-10-8-15(9-11(2)16(10)12(3)21)22-14-6-4-13(5-7-14)17(18,19)20;1-7-5-3-2-4-6-7/h4-9H,1-3H3;2-6H,1H3. The molecule has 0 spiro atoms. The van der Waals surface area contributed by atoms with Gasteiger partial charge in [0.15, 0.2) is 5.78 Å². The van der Waals surface area contributed by atoms with Crippen molar-refractivity contribution < 1.29 is 22.7 Å². The van der Waals surface area contributed by atoms with Crippen molar-refractivity contribution in [3.63, 3.8) is 0 Å². The summed E-state index contributed by atoms with van der Waals surface area (Å²) < 4.78 is 43.1. The quantitative estimate of drug-likeness (QED) is 0.431. The molecule has 0 aromatic heterocycles. The van der Waals surface area contributed by atoms with E-state index in [-0.39, 0.29) is 5.78 Å². The molecule has 3 aromatic rings.